The minimum atomic E-state index is -0.459. The number of carbonyl (C=O) groups excluding carboxylic acids is 1. The Labute approximate surface area is 105 Å². The molecule has 0 aliphatic carbocycles. The van der Waals surface area contributed by atoms with E-state index >= 15 is 0 Å². The summed E-state index contributed by atoms with van der Waals surface area (Å²) in [5, 5.41) is 8.61. The van der Waals surface area contributed by atoms with Crippen molar-refractivity contribution in [3.8, 4) is 0 Å². The van der Waals surface area contributed by atoms with E-state index in [1.54, 1.807) is 0 Å². The highest BCUT2D eigenvalue weighted by Crippen LogP contribution is 2.26. The molecule has 2 aromatic rings. The zero-order chi connectivity index (χ0) is 12.5. The third-order valence-corrected chi connectivity index (χ3v) is 3.50. The lowest BCUT2D eigenvalue weighted by atomic mass is 10.1. The number of nitrogens with one attached hydrogen (secondary N) is 1. The molecule has 5 heteroatoms. The minimum Gasteiger partial charge on any atom is -0.364 e. The quantitative estimate of drug-likeness (QED) is 0.829. The molecule has 1 aliphatic heterocycles. The number of primary amides is 1. The molecule has 5 nitrogen and oxygen atoms in total. The summed E-state index contributed by atoms with van der Waals surface area (Å²) in [6, 6.07) is 8.12. The number of rotatable bonds is 2. The second-order valence-electron chi connectivity index (χ2n) is 4.66. The predicted octanol–water partition coefficient (Wildman–Crippen LogP) is 1.06. The number of aromatic nitrogens is 2. The zero-order valence-corrected chi connectivity index (χ0v) is 10.1. The van der Waals surface area contributed by atoms with E-state index in [4.69, 9.17) is 5.73 Å². The highest BCUT2D eigenvalue weighted by atomic mass is 16.1. The summed E-state index contributed by atoms with van der Waals surface area (Å²) in [5.74, 6) is -0.459. The fourth-order valence-corrected chi connectivity index (χ4v) is 2.60. The first-order valence-electron chi connectivity index (χ1n) is 6.25. The van der Waals surface area contributed by atoms with Gasteiger partial charge in [-0.15, -0.1) is 0 Å². The summed E-state index contributed by atoms with van der Waals surface area (Å²) in [6.45, 7) is 1.98. The fourth-order valence-electron chi connectivity index (χ4n) is 2.60. The molecule has 0 unspecified atom stereocenters. The highest BCUT2D eigenvalue weighted by Gasteiger charge is 2.21. The number of carbonyl (C=O) groups is 1. The fraction of sp³-hybridized carbons (Fsp3) is 0.385. The molecule has 1 aromatic carbocycles. The van der Waals surface area contributed by atoms with Gasteiger partial charge in [0.1, 0.15) is 0 Å². The monoisotopic (exact) mass is 244 g/mol. The van der Waals surface area contributed by atoms with Crippen molar-refractivity contribution in [2.24, 2.45) is 5.73 Å². The summed E-state index contributed by atoms with van der Waals surface area (Å²) in [4.78, 5) is 11.4. The van der Waals surface area contributed by atoms with E-state index in [1.807, 2.05) is 28.9 Å². The molecule has 1 saturated heterocycles. The van der Waals surface area contributed by atoms with Gasteiger partial charge < -0.3 is 11.1 Å². The minimum absolute atomic E-state index is 0.351. The molecule has 1 fully saturated rings. The maximum atomic E-state index is 11.4. The number of nitrogens with zero attached hydrogens (tertiary/aromatic N) is 2. The Kier molecular flexibility index (Phi) is 2.76. The van der Waals surface area contributed by atoms with Crippen molar-refractivity contribution in [3.63, 3.8) is 0 Å². The smallest absolute Gasteiger partial charge is 0.269 e. The average molecular weight is 244 g/mol. The van der Waals surface area contributed by atoms with Gasteiger partial charge in [0.05, 0.1) is 11.6 Å². The van der Waals surface area contributed by atoms with Gasteiger partial charge in [-0.25, -0.2) is 0 Å². The molecule has 0 radical (unpaired) electrons. The van der Waals surface area contributed by atoms with Crippen LogP contribution in [-0.4, -0.2) is 28.8 Å². The first-order chi connectivity index (χ1) is 8.77. The third kappa shape index (κ3) is 1.76. The van der Waals surface area contributed by atoms with Gasteiger partial charge in [-0.2, -0.15) is 5.10 Å². The van der Waals surface area contributed by atoms with Crippen LogP contribution in [0.15, 0.2) is 24.3 Å². The van der Waals surface area contributed by atoms with E-state index in [1.165, 1.54) is 0 Å². The van der Waals surface area contributed by atoms with E-state index in [9.17, 15) is 4.79 Å². The van der Waals surface area contributed by atoms with Gasteiger partial charge in [-0.3, -0.25) is 9.48 Å². The Balaban J connectivity index is 2.13. The number of benzene rings is 1. The molecular weight excluding hydrogens is 228 g/mol. The van der Waals surface area contributed by atoms with Gasteiger partial charge >= 0.3 is 0 Å². The molecular formula is C13H16N4O. The first kappa shape index (κ1) is 11.2. The van der Waals surface area contributed by atoms with Gasteiger partial charge in [0.25, 0.3) is 5.91 Å². The summed E-state index contributed by atoms with van der Waals surface area (Å²) >= 11 is 0. The van der Waals surface area contributed by atoms with Crippen LogP contribution < -0.4 is 11.1 Å². The van der Waals surface area contributed by atoms with Gasteiger partial charge in [-0.1, -0.05) is 18.2 Å². The Morgan fingerprint density at radius 3 is 2.78 bits per heavy atom. The van der Waals surface area contributed by atoms with Crippen molar-refractivity contribution in [1.29, 1.82) is 0 Å². The van der Waals surface area contributed by atoms with Gasteiger partial charge in [0.15, 0.2) is 5.69 Å². The number of amides is 1. The van der Waals surface area contributed by atoms with Crippen molar-refractivity contribution in [1.82, 2.24) is 15.1 Å². The largest absolute Gasteiger partial charge is 0.364 e. The summed E-state index contributed by atoms with van der Waals surface area (Å²) in [5.41, 5.74) is 6.77. The summed E-state index contributed by atoms with van der Waals surface area (Å²) in [6.07, 6.45) is 2.06. The second-order valence-corrected chi connectivity index (χ2v) is 4.66. The highest BCUT2D eigenvalue weighted by molar-refractivity contribution is 6.04. The molecule has 1 aliphatic rings. The van der Waals surface area contributed by atoms with Crippen LogP contribution in [0.2, 0.25) is 0 Å². The van der Waals surface area contributed by atoms with Crippen LogP contribution in [0.25, 0.3) is 10.9 Å². The molecule has 2 heterocycles. The standard InChI is InChI=1S/C13H16N4O/c14-13(18)12-10-3-1-2-4-11(10)17(16-12)9-5-7-15-8-6-9/h1-4,9,15H,5-8H2,(H2,14,18). The van der Waals surface area contributed by atoms with Crippen molar-refractivity contribution in [2.75, 3.05) is 13.1 Å². The lowest BCUT2D eigenvalue weighted by molar-refractivity contribution is 0.0995. The lowest BCUT2D eigenvalue weighted by Crippen LogP contribution is -2.30. The van der Waals surface area contributed by atoms with Crippen LogP contribution in [0.1, 0.15) is 29.4 Å². The molecule has 3 N–H and O–H groups in total. The average Bonchev–Trinajstić information content (AvgIpc) is 2.79. The van der Waals surface area contributed by atoms with Crippen LogP contribution in [0.3, 0.4) is 0 Å². The van der Waals surface area contributed by atoms with Gasteiger partial charge in [0.2, 0.25) is 0 Å². The van der Waals surface area contributed by atoms with Gasteiger partial charge in [0, 0.05) is 5.39 Å². The Morgan fingerprint density at radius 1 is 1.33 bits per heavy atom. The van der Waals surface area contributed by atoms with Crippen molar-refractivity contribution in [3.05, 3.63) is 30.0 Å². The summed E-state index contributed by atoms with van der Waals surface area (Å²) in [7, 11) is 0. The second kappa shape index (κ2) is 4.42. The van der Waals surface area contributed by atoms with E-state index in [-0.39, 0.29) is 0 Å². The number of para-hydroxylation sites is 1. The van der Waals surface area contributed by atoms with E-state index < -0.39 is 5.91 Å². The predicted molar refractivity (Wildman–Crippen MR) is 69.4 cm³/mol. The maximum absolute atomic E-state index is 11.4. The van der Waals surface area contributed by atoms with Crippen molar-refractivity contribution < 1.29 is 4.79 Å². The number of nitrogens with two attached hydrogens (primary N) is 1. The molecule has 1 aromatic heterocycles. The van der Waals surface area contributed by atoms with Crippen LogP contribution in [-0.2, 0) is 0 Å². The first-order valence-corrected chi connectivity index (χ1v) is 6.25. The van der Waals surface area contributed by atoms with Crippen LogP contribution in [0.4, 0.5) is 0 Å². The molecule has 1 amide bonds. The summed E-state index contributed by atoms with van der Waals surface area (Å²) < 4.78 is 1.97. The number of fused-ring (bicyclic) bond motifs is 1. The SMILES string of the molecule is NC(=O)c1nn(C2CCNCC2)c2ccccc12. The number of piperidine rings is 1. The molecule has 18 heavy (non-hydrogen) atoms. The van der Waals surface area contributed by atoms with E-state index in [2.05, 4.69) is 10.4 Å². The molecule has 0 saturated carbocycles. The number of hydrogen-bond donors (Lipinski definition) is 2. The third-order valence-electron chi connectivity index (χ3n) is 3.50. The van der Waals surface area contributed by atoms with Crippen molar-refractivity contribution >= 4 is 16.8 Å². The van der Waals surface area contributed by atoms with Crippen LogP contribution in [0, 0.1) is 0 Å². The molecule has 0 bridgehead atoms. The molecule has 94 valence electrons. The van der Waals surface area contributed by atoms with Crippen LogP contribution >= 0.6 is 0 Å². The Bertz CT molecular complexity index is 584. The lowest BCUT2D eigenvalue weighted by Gasteiger charge is -2.23. The van der Waals surface area contributed by atoms with Crippen molar-refractivity contribution in [2.45, 2.75) is 18.9 Å². The zero-order valence-electron chi connectivity index (χ0n) is 10.1. The topological polar surface area (TPSA) is 72.9 Å². The molecule has 3 rings (SSSR count). The van der Waals surface area contributed by atoms with Crippen LogP contribution in [0.5, 0.6) is 0 Å². The van der Waals surface area contributed by atoms with Gasteiger partial charge in [-0.05, 0) is 32.0 Å². The van der Waals surface area contributed by atoms with E-state index in [0.717, 1.165) is 36.8 Å². The maximum Gasteiger partial charge on any atom is 0.269 e. The van der Waals surface area contributed by atoms with E-state index in [0.29, 0.717) is 11.7 Å². The Morgan fingerprint density at radius 2 is 2.06 bits per heavy atom. The number of hydrogen-bond acceptors (Lipinski definition) is 3. The molecule has 0 atom stereocenters. The Hall–Kier alpha value is -1.88. The molecule has 0 spiro atoms. The normalized spacial score (nSPS) is 17.1.